The zero-order chi connectivity index (χ0) is 27.2. The van der Waals surface area contributed by atoms with Crippen molar-refractivity contribution in [3.63, 3.8) is 0 Å². The van der Waals surface area contributed by atoms with Gasteiger partial charge in [0.1, 0.15) is 0 Å². The Morgan fingerprint density at radius 1 is 0.769 bits per heavy atom. The van der Waals surface area contributed by atoms with Gasteiger partial charge in [0.15, 0.2) is 6.29 Å². The number of rotatable bonds is 9. The van der Waals surface area contributed by atoms with Crippen molar-refractivity contribution >= 4 is 17.7 Å². The van der Waals surface area contributed by atoms with Gasteiger partial charge in [-0.2, -0.15) is 0 Å². The van der Waals surface area contributed by atoms with Crippen molar-refractivity contribution in [1.29, 1.82) is 0 Å². The molecule has 1 fully saturated rings. The summed E-state index contributed by atoms with van der Waals surface area (Å²) < 4.78 is 13.4. The fourth-order valence-corrected chi connectivity index (χ4v) is 5.81. The van der Waals surface area contributed by atoms with Crippen LogP contribution < -0.4 is 5.73 Å². The Morgan fingerprint density at radius 2 is 1.41 bits per heavy atom. The molecule has 1 unspecified atom stereocenters. The topological polar surface area (TPSA) is 102 Å². The molecular weight excluding hydrogens is 510 g/mol. The van der Waals surface area contributed by atoms with E-state index < -0.39 is 12.3 Å². The van der Waals surface area contributed by atoms with Gasteiger partial charge in [-0.3, -0.25) is 0 Å². The monoisotopic (exact) mass is 541 g/mol. The van der Waals surface area contributed by atoms with E-state index in [9.17, 15) is 15.0 Å². The molecule has 0 amide bonds. The predicted molar refractivity (Wildman–Crippen MR) is 151 cm³/mol. The van der Waals surface area contributed by atoms with Crippen molar-refractivity contribution in [3.8, 4) is 0 Å². The number of aliphatic hydroxyl groups excluding tert-OH is 1. The molecule has 4 atom stereocenters. The van der Waals surface area contributed by atoms with E-state index in [-0.39, 0.29) is 30.3 Å². The lowest BCUT2D eigenvalue weighted by Crippen LogP contribution is -2.38. The van der Waals surface area contributed by atoms with Gasteiger partial charge in [0.2, 0.25) is 0 Å². The lowest BCUT2D eigenvalue weighted by Gasteiger charge is -2.43. The average molecular weight is 542 g/mol. The molecule has 6 nitrogen and oxygen atoms in total. The van der Waals surface area contributed by atoms with Crippen LogP contribution in [0, 0.1) is 0 Å². The van der Waals surface area contributed by atoms with E-state index in [0.717, 1.165) is 32.7 Å². The molecule has 7 heteroatoms. The highest BCUT2D eigenvalue weighted by molar-refractivity contribution is 7.99. The number of ether oxygens (including phenoxy) is 2. The molecule has 1 aliphatic rings. The normalized spacial score (nSPS) is 21.0. The van der Waals surface area contributed by atoms with Crippen LogP contribution in [-0.2, 0) is 22.6 Å². The van der Waals surface area contributed by atoms with Gasteiger partial charge in [-0.1, -0.05) is 78.9 Å². The molecule has 200 valence electrons. The second-order valence-electron chi connectivity index (χ2n) is 9.49. The lowest BCUT2D eigenvalue weighted by atomic mass is 9.84. The third-order valence-corrected chi connectivity index (χ3v) is 8.07. The maximum atomic E-state index is 11.3. The molecule has 1 aliphatic heterocycles. The van der Waals surface area contributed by atoms with Crippen molar-refractivity contribution in [2.45, 2.75) is 42.5 Å². The molecular formula is C32H31NO5S. The molecule has 0 spiro atoms. The van der Waals surface area contributed by atoms with Crippen molar-refractivity contribution in [2.24, 2.45) is 5.73 Å². The molecule has 0 aromatic heterocycles. The number of hydrogen-bond acceptors (Lipinski definition) is 6. The SMILES string of the molecule is NCc1ccc(C2O[C@H](CSc3ccc(C(=O)O)cc3)[C@@H](c3ccccc3)[C@H](c3ccc(CO)cc3)O2)cc1. The van der Waals surface area contributed by atoms with E-state index >= 15 is 0 Å². The third kappa shape index (κ3) is 6.41. The number of carbonyl (C=O) groups is 1. The number of aliphatic hydroxyl groups is 1. The van der Waals surface area contributed by atoms with Gasteiger partial charge < -0.3 is 25.4 Å². The summed E-state index contributed by atoms with van der Waals surface area (Å²) >= 11 is 1.63. The van der Waals surface area contributed by atoms with E-state index in [1.165, 1.54) is 0 Å². The summed E-state index contributed by atoms with van der Waals surface area (Å²) in [5.41, 5.74) is 11.0. The predicted octanol–water partition coefficient (Wildman–Crippen LogP) is 6.07. The van der Waals surface area contributed by atoms with Crippen LogP contribution in [0.4, 0.5) is 0 Å². The summed E-state index contributed by atoms with van der Waals surface area (Å²) in [5, 5.41) is 18.8. The van der Waals surface area contributed by atoms with Crippen LogP contribution in [0.5, 0.6) is 0 Å². The average Bonchev–Trinajstić information content (AvgIpc) is 3.00. The van der Waals surface area contributed by atoms with Crippen molar-refractivity contribution in [2.75, 3.05) is 5.75 Å². The highest BCUT2D eigenvalue weighted by Crippen LogP contribution is 2.48. The first kappa shape index (κ1) is 27.1. The Hall–Kier alpha value is -3.46. The van der Waals surface area contributed by atoms with Crippen LogP contribution in [0.25, 0.3) is 0 Å². The summed E-state index contributed by atoms with van der Waals surface area (Å²) in [5.74, 6) is -0.406. The van der Waals surface area contributed by atoms with Gasteiger partial charge in [0.05, 0.1) is 24.4 Å². The number of carboxylic acid groups (broad SMARTS) is 1. The van der Waals surface area contributed by atoms with Crippen LogP contribution in [0.1, 0.15) is 56.5 Å². The van der Waals surface area contributed by atoms with Crippen LogP contribution >= 0.6 is 11.8 Å². The lowest BCUT2D eigenvalue weighted by molar-refractivity contribution is -0.255. The second-order valence-corrected chi connectivity index (χ2v) is 10.6. The highest BCUT2D eigenvalue weighted by Gasteiger charge is 2.41. The van der Waals surface area contributed by atoms with Crippen molar-refractivity contribution < 1.29 is 24.5 Å². The largest absolute Gasteiger partial charge is 0.478 e. The van der Waals surface area contributed by atoms with Crippen LogP contribution in [-0.4, -0.2) is 28.0 Å². The minimum atomic E-state index is -0.943. The van der Waals surface area contributed by atoms with Gasteiger partial charge in [0, 0.05) is 28.7 Å². The maximum absolute atomic E-state index is 11.3. The third-order valence-electron chi connectivity index (χ3n) is 6.97. The smallest absolute Gasteiger partial charge is 0.335 e. The molecule has 1 saturated heterocycles. The summed E-state index contributed by atoms with van der Waals surface area (Å²) in [6.45, 7) is 0.440. The number of carboxylic acids is 1. The Labute approximate surface area is 232 Å². The molecule has 4 N–H and O–H groups in total. The first-order valence-corrected chi connectivity index (χ1v) is 13.8. The molecule has 39 heavy (non-hydrogen) atoms. The Balaban J connectivity index is 1.50. The highest BCUT2D eigenvalue weighted by atomic mass is 32.2. The number of benzene rings is 4. The minimum Gasteiger partial charge on any atom is -0.478 e. The van der Waals surface area contributed by atoms with Crippen molar-refractivity contribution in [1.82, 2.24) is 0 Å². The Kier molecular flexibility index (Phi) is 8.76. The van der Waals surface area contributed by atoms with Gasteiger partial charge in [-0.15, -0.1) is 11.8 Å². The molecule has 4 aromatic carbocycles. The van der Waals surface area contributed by atoms with Crippen LogP contribution in [0.15, 0.2) is 108 Å². The van der Waals surface area contributed by atoms with Crippen molar-refractivity contribution in [3.05, 3.63) is 137 Å². The summed E-state index contributed by atoms with van der Waals surface area (Å²) in [6, 6.07) is 33.0. The zero-order valence-corrected chi connectivity index (χ0v) is 22.2. The number of nitrogens with two attached hydrogens (primary N) is 1. The van der Waals surface area contributed by atoms with Gasteiger partial charge >= 0.3 is 5.97 Å². The molecule has 0 aliphatic carbocycles. The van der Waals surface area contributed by atoms with E-state index in [1.54, 1.807) is 23.9 Å². The molecule has 1 heterocycles. The maximum Gasteiger partial charge on any atom is 0.335 e. The minimum absolute atomic E-state index is 0.0208. The van der Waals surface area contributed by atoms with E-state index in [1.807, 2.05) is 78.9 Å². The fourth-order valence-electron chi connectivity index (χ4n) is 4.83. The molecule has 0 radical (unpaired) electrons. The zero-order valence-electron chi connectivity index (χ0n) is 21.4. The van der Waals surface area contributed by atoms with Crippen LogP contribution in [0.2, 0.25) is 0 Å². The standard InChI is InChI=1S/C32H31NO5S/c33-18-21-6-12-26(13-7-21)32-37-28(20-39-27-16-14-25(15-17-27)31(35)36)29(23-4-2-1-3-5-23)30(38-32)24-10-8-22(19-34)9-11-24/h1-17,28-30,32,34H,18-20,33H2,(H,35,36)/t28-,29-,30+,32?/m1/s1. The molecule has 5 rings (SSSR count). The van der Waals surface area contributed by atoms with Gasteiger partial charge in [0.25, 0.3) is 0 Å². The number of thioether (sulfide) groups is 1. The quantitative estimate of drug-likeness (QED) is 0.221. The molecule has 4 aromatic rings. The summed E-state index contributed by atoms with van der Waals surface area (Å²) in [7, 11) is 0. The summed E-state index contributed by atoms with van der Waals surface area (Å²) in [4.78, 5) is 12.2. The summed E-state index contributed by atoms with van der Waals surface area (Å²) in [6.07, 6.45) is -1.10. The number of aromatic carboxylic acids is 1. The van der Waals surface area contributed by atoms with E-state index in [0.29, 0.717) is 12.3 Å². The van der Waals surface area contributed by atoms with Gasteiger partial charge in [-0.25, -0.2) is 4.79 Å². The molecule has 0 bridgehead atoms. The van der Waals surface area contributed by atoms with E-state index in [2.05, 4.69) is 12.1 Å². The Bertz CT molecular complexity index is 1360. The Morgan fingerprint density at radius 3 is 2.03 bits per heavy atom. The van der Waals surface area contributed by atoms with Crippen LogP contribution in [0.3, 0.4) is 0 Å². The first-order chi connectivity index (χ1) is 19.1. The fraction of sp³-hybridized carbons (Fsp3) is 0.219. The first-order valence-electron chi connectivity index (χ1n) is 12.9. The number of hydrogen-bond donors (Lipinski definition) is 3. The van der Waals surface area contributed by atoms with Gasteiger partial charge in [-0.05, 0) is 46.5 Å². The van der Waals surface area contributed by atoms with E-state index in [4.69, 9.17) is 15.2 Å². The molecule has 0 saturated carbocycles. The second kappa shape index (κ2) is 12.6.